The lowest BCUT2D eigenvalue weighted by atomic mass is 9.73. The van der Waals surface area contributed by atoms with E-state index in [-0.39, 0.29) is 0 Å². The van der Waals surface area contributed by atoms with E-state index in [1.54, 1.807) is 0 Å². The summed E-state index contributed by atoms with van der Waals surface area (Å²) in [6, 6.07) is 138. The third-order valence-electron chi connectivity index (χ3n) is 23.6. The van der Waals surface area contributed by atoms with Gasteiger partial charge in [0.25, 0.3) is 0 Å². The zero-order chi connectivity index (χ0) is 72.2. The predicted octanol–water partition coefficient (Wildman–Crippen LogP) is 27.1. The normalized spacial score (nSPS) is 14.1. The zero-order valence-corrected chi connectivity index (χ0v) is 61.0. The van der Waals surface area contributed by atoms with Crippen LogP contribution >= 0.6 is 22.7 Å². The molecule has 4 aliphatic rings. The minimum atomic E-state index is -0.575. The molecule has 0 radical (unpaired) electrons. The van der Waals surface area contributed by atoms with Gasteiger partial charge in [-0.15, -0.1) is 22.7 Å². The number of nitrogens with zero attached hydrogens (tertiary/aromatic N) is 4. The molecular weight excluding hydrogens is 1370 g/mol. The maximum atomic E-state index is 5.57. The summed E-state index contributed by atoms with van der Waals surface area (Å²) in [4.78, 5) is 24.7. The van der Waals surface area contributed by atoms with Gasteiger partial charge >= 0.3 is 0 Å². The van der Waals surface area contributed by atoms with E-state index in [1.807, 2.05) is 22.7 Å². The minimum Gasteiger partial charge on any atom is -0.228 e. The first kappa shape index (κ1) is 62.6. The van der Waals surface area contributed by atoms with Gasteiger partial charge in [-0.05, 0) is 160 Å². The lowest BCUT2D eigenvalue weighted by Crippen LogP contribution is -2.24. The summed E-state index contributed by atoms with van der Waals surface area (Å²) < 4.78 is 2.59. The van der Waals surface area contributed by atoms with Crippen molar-refractivity contribution in [2.75, 3.05) is 0 Å². The van der Waals surface area contributed by atoms with Gasteiger partial charge < -0.3 is 0 Å². The van der Waals surface area contributed by atoms with Crippen molar-refractivity contribution in [2.24, 2.45) is 0 Å². The quantitative estimate of drug-likeness (QED) is 0.137. The van der Waals surface area contributed by atoms with E-state index in [0.29, 0.717) is 11.6 Å². The molecule has 4 heterocycles. The molecule has 23 rings (SSSR count). The number of benzene rings is 15. The highest BCUT2D eigenvalue weighted by atomic mass is 32.1. The van der Waals surface area contributed by atoms with Gasteiger partial charge in [0.2, 0.25) is 0 Å². The molecule has 1 atom stereocenters. The molecule has 6 heteroatoms. The molecule has 1 unspecified atom stereocenters. The van der Waals surface area contributed by atoms with Crippen molar-refractivity contribution in [2.45, 2.75) is 10.8 Å². The Kier molecular flexibility index (Phi) is 13.9. The molecule has 0 saturated carbocycles. The van der Waals surface area contributed by atoms with Gasteiger partial charge in [0, 0.05) is 74.4 Å². The van der Waals surface area contributed by atoms with Crippen LogP contribution in [0, 0.1) is 0 Å². The molecule has 4 nitrogen and oxygen atoms in total. The average molecular weight is 1430 g/mol. The van der Waals surface area contributed by atoms with Crippen LogP contribution in [0.2, 0.25) is 0 Å². The van der Waals surface area contributed by atoms with Gasteiger partial charge in [-0.25, -0.2) is 19.9 Å². The molecule has 4 aromatic heterocycles. The van der Waals surface area contributed by atoms with Crippen LogP contribution in [0.25, 0.3) is 177 Å². The number of hydrogen-bond donors (Lipinski definition) is 0. The van der Waals surface area contributed by atoms with Crippen molar-refractivity contribution in [3.8, 4) is 157 Å². The van der Waals surface area contributed by atoms with Gasteiger partial charge in [0.05, 0.1) is 33.6 Å². The maximum absolute atomic E-state index is 5.57. The zero-order valence-electron chi connectivity index (χ0n) is 59.4. The number of fused-ring (bicyclic) bond motifs is 24. The Balaban J connectivity index is 0.679. The fraction of sp³-hybridized carbons (Fsp3) is 0.0192. The van der Waals surface area contributed by atoms with Crippen LogP contribution in [0.3, 0.4) is 0 Å². The monoisotopic (exact) mass is 1430 g/mol. The highest BCUT2D eigenvalue weighted by Gasteiger charge is 2.55. The summed E-state index contributed by atoms with van der Waals surface area (Å²) >= 11 is 3.88. The van der Waals surface area contributed by atoms with Gasteiger partial charge in [-0.3, -0.25) is 0 Å². The first-order valence-electron chi connectivity index (χ1n) is 37.6. The second-order valence-corrected chi connectivity index (χ2v) is 31.4. The van der Waals surface area contributed by atoms with Crippen molar-refractivity contribution < 1.29 is 0 Å². The first-order chi connectivity index (χ1) is 54.5. The standard InChI is InChI=1S/C104H62N4S2/c1-4-23-63(24-5-1)65-45-49-68(50-46-65)101-105-90(67-27-8-3-9-28-67)61-93(108-101)75-54-56-88-83(60-75)82-59-71(53-55-87(82)103(88)86-41-17-12-35-79(86)96-80-36-13-18-43-94(80)109-99(96)103)70-29-20-31-73(57-70)91-62-92(107-102(106-91)69-51-47-66(48-52-69)64-25-6-2-7-26-64)74-32-21-30-72(58-74)76-38-22-42-89-97(76)98-81-37-14-19-44-95(81)110-100(98)104(89)84-39-15-10-33-77(84)78-34-11-16-40-85(78)104/h1-62H. The minimum absolute atomic E-state index is 0.465. The summed E-state index contributed by atoms with van der Waals surface area (Å²) in [7, 11) is 0. The Morgan fingerprint density at radius 3 is 1.07 bits per heavy atom. The summed E-state index contributed by atoms with van der Waals surface area (Å²) in [5.74, 6) is 1.33. The molecular formula is C104H62N4S2. The highest BCUT2D eigenvalue weighted by Crippen LogP contribution is 2.69. The Morgan fingerprint density at radius 2 is 0.509 bits per heavy atom. The summed E-state index contributed by atoms with van der Waals surface area (Å²) in [5.41, 5.74) is 35.6. The highest BCUT2D eigenvalue weighted by molar-refractivity contribution is 7.20. The molecule has 0 N–H and O–H groups in total. The van der Waals surface area contributed by atoms with Crippen molar-refractivity contribution in [1.82, 2.24) is 19.9 Å². The molecule has 0 bridgehead atoms. The number of hydrogen-bond acceptors (Lipinski definition) is 6. The summed E-state index contributed by atoms with van der Waals surface area (Å²) in [6.07, 6.45) is 0. The van der Waals surface area contributed by atoms with Gasteiger partial charge in [0.15, 0.2) is 11.6 Å². The van der Waals surface area contributed by atoms with E-state index in [4.69, 9.17) is 19.9 Å². The smallest absolute Gasteiger partial charge is 0.160 e. The van der Waals surface area contributed by atoms with Gasteiger partial charge in [-0.2, -0.15) is 0 Å². The fourth-order valence-electron chi connectivity index (χ4n) is 18.7. The van der Waals surface area contributed by atoms with E-state index in [2.05, 4.69) is 376 Å². The molecule has 19 aromatic rings. The molecule has 0 aliphatic heterocycles. The van der Waals surface area contributed by atoms with Crippen LogP contribution in [-0.2, 0) is 10.8 Å². The third-order valence-corrected chi connectivity index (χ3v) is 26.1. The number of aromatic nitrogens is 4. The van der Waals surface area contributed by atoms with E-state index in [9.17, 15) is 0 Å². The van der Waals surface area contributed by atoms with Crippen LogP contribution < -0.4 is 0 Å². The topological polar surface area (TPSA) is 51.6 Å². The lowest BCUT2D eigenvalue weighted by Gasteiger charge is -2.29. The fourth-order valence-corrected chi connectivity index (χ4v) is 21.6. The Labute approximate surface area is 645 Å². The predicted molar refractivity (Wildman–Crippen MR) is 455 cm³/mol. The second kappa shape index (κ2) is 24.5. The van der Waals surface area contributed by atoms with Crippen molar-refractivity contribution in [3.63, 3.8) is 0 Å². The lowest BCUT2D eigenvalue weighted by molar-refractivity contribution is 0.812. The van der Waals surface area contributed by atoms with Crippen LogP contribution in [0.1, 0.15) is 43.1 Å². The van der Waals surface area contributed by atoms with E-state index < -0.39 is 10.8 Å². The maximum Gasteiger partial charge on any atom is 0.160 e. The molecule has 0 amide bonds. The Hall–Kier alpha value is -13.6. The molecule has 2 spiro atoms. The molecule has 0 saturated heterocycles. The van der Waals surface area contributed by atoms with E-state index >= 15 is 0 Å². The third kappa shape index (κ3) is 9.31. The summed E-state index contributed by atoms with van der Waals surface area (Å²) in [5, 5.41) is 2.59. The molecule has 15 aromatic carbocycles. The Bertz CT molecular complexity index is 6970. The largest absolute Gasteiger partial charge is 0.228 e. The first-order valence-corrected chi connectivity index (χ1v) is 39.3. The Morgan fingerprint density at radius 1 is 0.182 bits per heavy atom. The van der Waals surface area contributed by atoms with Crippen LogP contribution in [-0.4, -0.2) is 19.9 Å². The van der Waals surface area contributed by atoms with Crippen LogP contribution in [0.15, 0.2) is 376 Å². The second-order valence-electron chi connectivity index (χ2n) is 29.3. The van der Waals surface area contributed by atoms with Crippen LogP contribution in [0.4, 0.5) is 0 Å². The molecule has 4 aliphatic carbocycles. The number of thiophene rings is 2. The SMILES string of the molecule is c1ccc(-c2ccc(-c3nc(-c4cccc(-c5ccc6c(c5)-c5cc(-c7cc(-c8ccccc8)nc(-c8ccc(-c9ccccc9)cc8)n7)ccc5C65c6ccccc6-c6c5sc5ccccc65)c4)cc(-c4cccc(-c5cccc6c5-c5c(sc7ccccc57)C65c6ccccc6-c6ccccc65)c4)n3)cc2)cc1. The molecule has 0 fully saturated rings. The van der Waals surface area contributed by atoms with E-state index in [1.165, 1.54) is 119 Å². The van der Waals surface area contributed by atoms with Crippen molar-refractivity contribution in [1.29, 1.82) is 0 Å². The number of rotatable bonds is 10. The summed E-state index contributed by atoms with van der Waals surface area (Å²) in [6.45, 7) is 0. The van der Waals surface area contributed by atoms with Gasteiger partial charge in [0.1, 0.15) is 0 Å². The van der Waals surface area contributed by atoms with Gasteiger partial charge in [-0.1, -0.05) is 328 Å². The van der Waals surface area contributed by atoms with Crippen LogP contribution in [0.5, 0.6) is 0 Å². The van der Waals surface area contributed by atoms with Crippen molar-refractivity contribution >= 4 is 42.8 Å². The van der Waals surface area contributed by atoms with E-state index in [0.717, 1.165) is 89.5 Å². The average Bonchev–Trinajstić information content (AvgIpc) is 1.50. The molecule has 510 valence electrons. The molecule has 110 heavy (non-hydrogen) atoms. The van der Waals surface area contributed by atoms with Crippen molar-refractivity contribution in [3.05, 3.63) is 419 Å².